The average molecular weight is 171 g/mol. The van der Waals surface area contributed by atoms with E-state index in [1.54, 1.807) is 0 Å². The molecule has 0 aliphatic rings. The highest BCUT2D eigenvalue weighted by Crippen LogP contribution is 2.03. The number of unbranched alkanes of at least 4 members (excludes halogenated alkanes) is 2. The van der Waals surface area contributed by atoms with Gasteiger partial charge in [-0.1, -0.05) is 42.5 Å². The Kier molecular flexibility index (Phi) is 4.42. The van der Waals surface area contributed by atoms with E-state index in [0.29, 0.717) is 6.42 Å². The van der Waals surface area contributed by atoms with Crippen molar-refractivity contribution in [2.45, 2.75) is 19.3 Å². The molecule has 0 radical (unpaired) electrons. The van der Waals surface area contributed by atoms with Crippen LogP contribution in [-0.4, -0.2) is 0 Å². The molecule has 0 aromatic heterocycles. The second-order valence-electron chi connectivity index (χ2n) is 2.86. The molecule has 1 rings (SSSR count). The highest BCUT2D eigenvalue weighted by atomic mass is 14.2. The summed E-state index contributed by atoms with van der Waals surface area (Å²) >= 11 is 0. The number of nitriles is 1. The third-order valence-corrected chi connectivity index (χ3v) is 1.77. The minimum absolute atomic E-state index is 0.652. The largest absolute Gasteiger partial charge is 0.198 e. The van der Waals surface area contributed by atoms with Crippen LogP contribution in [0.15, 0.2) is 36.4 Å². The Labute approximate surface area is 79.3 Å². The second-order valence-corrected chi connectivity index (χ2v) is 2.86. The molecular formula is C12H13N. The van der Waals surface area contributed by atoms with Crippen LogP contribution in [0.25, 0.3) is 6.08 Å². The van der Waals surface area contributed by atoms with E-state index in [4.69, 9.17) is 5.26 Å². The van der Waals surface area contributed by atoms with Crippen molar-refractivity contribution in [2.24, 2.45) is 0 Å². The van der Waals surface area contributed by atoms with Crippen LogP contribution in [-0.2, 0) is 0 Å². The normalized spacial score (nSPS) is 10.1. The number of nitrogens with zero attached hydrogens (tertiary/aromatic N) is 1. The summed E-state index contributed by atoms with van der Waals surface area (Å²) in [5, 5.41) is 8.31. The summed E-state index contributed by atoms with van der Waals surface area (Å²) in [5.41, 5.74) is 1.22. The van der Waals surface area contributed by atoms with Gasteiger partial charge in [0.25, 0.3) is 0 Å². The summed E-state index contributed by atoms with van der Waals surface area (Å²) in [5.74, 6) is 0. The van der Waals surface area contributed by atoms with Gasteiger partial charge in [0.2, 0.25) is 0 Å². The lowest BCUT2D eigenvalue weighted by Crippen LogP contribution is -1.70. The maximum atomic E-state index is 8.31. The molecule has 13 heavy (non-hydrogen) atoms. The van der Waals surface area contributed by atoms with Crippen molar-refractivity contribution in [3.05, 3.63) is 42.0 Å². The lowest BCUT2D eigenvalue weighted by Gasteiger charge is -1.90. The first-order valence-corrected chi connectivity index (χ1v) is 4.52. The lowest BCUT2D eigenvalue weighted by atomic mass is 10.2. The van der Waals surface area contributed by atoms with Gasteiger partial charge in [-0.05, 0) is 18.4 Å². The highest BCUT2D eigenvalue weighted by Gasteiger charge is 1.83. The molecule has 1 nitrogen and oxygen atoms in total. The van der Waals surface area contributed by atoms with E-state index < -0.39 is 0 Å². The van der Waals surface area contributed by atoms with Gasteiger partial charge in [-0.25, -0.2) is 0 Å². The van der Waals surface area contributed by atoms with Gasteiger partial charge >= 0.3 is 0 Å². The van der Waals surface area contributed by atoms with Crippen LogP contribution in [0.3, 0.4) is 0 Å². The van der Waals surface area contributed by atoms with Gasteiger partial charge in [0, 0.05) is 6.42 Å². The molecule has 1 heteroatoms. The topological polar surface area (TPSA) is 23.8 Å². The maximum Gasteiger partial charge on any atom is 0.0621 e. The van der Waals surface area contributed by atoms with Crippen molar-refractivity contribution in [3.8, 4) is 6.07 Å². The summed E-state index contributed by atoms with van der Waals surface area (Å²) < 4.78 is 0. The molecule has 0 N–H and O–H groups in total. The Bertz CT molecular complexity index is 293. The molecule has 0 bridgehead atoms. The Morgan fingerprint density at radius 2 is 2.00 bits per heavy atom. The van der Waals surface area contributed by atoms with Gasteiger partial charge in [0.1, 0.15) is 0 Å². The van der Waals surface area contributed by atoms with Crippen LogP contribution in [0.2, 0.25) is 0 Å². The quantitative estimate of drug-likeness (QED) is 0.637. The number of hydrogen-bond acceptors (Lipinski definition) is 1. The van der Waals surface area contributed by atoms with Crippen molar-refractivity contribution in [2.75, 3.05) is 0 Å². The van der Waals surface area contributed by atoms with Gasteiger partial charge < -0.3 is 0 Å². The molecule has 1 aromatic rings. The minimum atomic E-state index is 0.652. The molecule has 0 aliphatic heterocycles. The zero-order valence-corrected chi connectivity index (χ0v) is 7.61. The lowest BCUT2D eigenvalue weighted by molar-refractivity contribution is 0.879. The first-order valence-electron chi connectivity index (χ1n) is 4.52. The van der Waals surface area contributed by atoms with Crippen LogP contribution in [0.4, 0.5) is 0 Å². The second kappa shape index (κ2) is 6.02. The molecule has 0 amide bonds. The minimum Gasteiger partial charge on any atom is -0.198 e. The van der Waals surface area contributed by atoms with Crippen molar-refractivity contribution < 1.29 is 0 Å². The summed E-state index contributed by atoms with van der Waals surface area (Å²) in [4.78, 5) is 0. The fraction of sp³-hybridized carbons (Fsp3) is 0.250. The monoisotopic (exact) mass is 171 g/mol. The van der Waals surface area contributed by atoms with Crippen molar-refractivity contribution in [1.29, 1.82) is 5.26 Å². The SMILES string of the molecule is N#CCCC/C=C/c1ccccc1. The van der Waals surface area contributed by atoms with Crippen LogP contribution in [0, 0.1) is 11.3 Å². The molecule has 0 saturated heterocycles. The Morgan fingerprint density at radius 1 is 1.23 bits per heavy atom. The Hall–Kier alpha value is -1.55. The molecule has 0 aliphatic carbocycles. The van der Waals surface area contributed by atoms with Crippen molar-refractivity contribution >= 4 is 6.08 Å². The first-order chi connectivity index (χ1) is 6.43. The van der Waals surface area contributed by atoms with Gasteiger partial charge in [-0.2, -0.15) is 5.26 Å². The molecule has 0 saturated carbocycles. The molecule has 0 atom stereocenters. The first kappa shape index (κ1) is 9.54. The van der Waals surface area contributed by atoms with Crippen molar-refractivity contribution in [1.82, 2.24) is 0 Å². The van der Waals surface area contributed by atoms with Gasteiger partial charge in [0.05, 0.1) is 6.07 Å². The fourth-order valence-electron chi connectivity index (χ4n) is 1.08. The molecule has 0 unspecified atom stereocenters. The van der Waals surface area contributed by atoms with Crippen LogP contribution < -0.4 is 0 Å². The molecule has 66 valence electrons. The predicted molar refractivity (Wildman–Crippen MR) is 54.9 cm³/mol. The van der Waals surface area contributed by atoms with Gasteiger partial charge in [-0.3, -0.25) is 0 Å². The van der Waals surface area contributed by atoms with Crippen LogP contribution in [0.1, 0.15) is 24.8 Å². The van der Waals surface area contributed by atoms with Gasteiger partial charge in [-0.15, -0.1) is 0 Å². The Balaban J connectivity index is 2.29. The van der Waals surface area contributed by atoms with E-state index in [-0.39, 0.29) is 0 Å². The standard InChI is InChI=1S/C12H13N/c13-11-7-2-1-4-8-12-9-5-3-6-10-12/h3-6,8-10H,1-2,7H2/b8-4+. The number of hydrogen-bond donors (Lipinski definition) is 0. The van der Waals surface area contributed by atoms with Gasteiger partial charge in [0.15, 0.2) is 0 Å². The highest BCUT2D eigenvalue weighted by molar-refractivity contribution is 5.48. The van der Waals surface area contributed by atoms with E-state index in [1.807, 2.05) is 18.2 Å². The van der Waals surface area contributed by atoms with E-state index in [0.717, 1.165) is 12.8 Å². The van der Waals surface area contributed by atoms with E-state index in [1.165, 1.54) is 5.56 Å². The summed E-state index contributed by atoms with van der Waals surface area (Å²) in [7, 11) is 0. The predicted octanol–water partition coefficient (Wildman–Crippen LogP) is 3.39. The van der Waals surface area contributed by atoms with Crippen LogP contribution in [0.5, 0.6) is 0 Å². The number of allylic oxidation sites excluding steroid dienone is 1. The third-order valence-electron chi connectivity index (χ3n) is 1.77. The maximum absolute atomic E-state index is 8.31. The van der Waals surface area contributed by atoms with Crippen LogP contribution >= 0.6 is 0 Å². The summed E-state index contributed by atoms with van der Waals surface area (Å²) in [6, 6.07) is 12.3. The third kappa shape index (κ3) is 4.12. The molecule has 0 heterocycles. The van der Waals surface area contributed by atoms with E-state index in [9.17, 15) is 0 Å². The smallest absolute Gasteiger partial charge is 0.0621 e. The Morgan fingerprint density at radius 3 is 2.69 bits per heavy atom. The van der Waals surface area contributed by atoms with Crippen molar-refractivity contribution in [3.63, 3.8) is 0 Å². The fourth-order valence-corrected chi connectivity index (χ4v) is 1.08. The van der Waals surface area contributed by atoms with E-state index >= 15 is 0 Å². The summed E-state index contributed by atoms with van der Waals surface area (Å²) in [6.07, 6.45) is 6.81. The molecule has 1 aromatic carbocycles. The summed E-state index contributed by atoms with van der Waals surface area (Å²) in [6.45, 7) is 0. The molecular weight excluding hydrogens is 158 g/mol. The van der Waals surface area contributed by atoms with E-state index in [2.05, 4.69) is 30.4 Å². The number of benzene rings is 1. The molecule has 0 spiro atoms. The zero-order chi connectivity index (χ0) is 9.36. The molecule has 0 fully saturated rings. The zero-order valence-electron chi connectivity index (χ0n) is 7.61. The number of rotatable bonds is 4. The average Bonchev–Trinajstić information content (AvgIpc) is 2.19.